The predicted octanol–water partition coefficient (Wildman–Crippen LogP) is 10.6. The van der Waals surface area contributed by atoms with Gasteiger partial charge in [0.2, 0.25) is 0 Å². The lowest BCUT2D eigenvalue weighted by Crippen LogP contribution is -2.08. The minimum absolute atomic E-state index is 0.0289. The van der Waals surface area contributed by atoms with Crippen molar-refractivity contribution in [3.05, 3.63) is 139 Å². The van der Waals surface area contributed by atoms with Crippen molar-refractivity contribution in [3.63, 3.8) is 0 Å². The highest BCUT2D eigenvalue weighted by Crippen LogP contribution is 2.45. The Morgan fingerprint density at radius 2 is 1.12 bits per heavy atom. The Hall–Kier alpha value is -5.31. The van der Waals surface area contributed by atoms with Crippen LogP contribution in [0.15, 0.2) is 121 Å². The van der Waals surface area contributed by atoms with Gasteiger partial charge in [-0.3, -0.25) is 0 Å². The third-order valence-electron chi connectivity index (χ3n) is 7.99. The Kier molecular flexibility index (Phi) is 5.46. The molecule has 0 amide bonds. The molecule has 0 saturated carbocycles. The molecule has 0 unspecified atom stereocenters. The van der Waals surface area contributed by atoms with Crippen molar-refractivity contribution < 1.29 is 8.78 Å². The summed E-state index contributed by atoms with van der Waals surface area (Å²) in [4.78, 5) is 0. The molecular weight excluding hydrogens is 542 g/mol. The monoisotopic (exact) mass is 562 g/mol. The topological polar surface area (TPSA) is 28.7 Å². The summed E-state index contributed by atoms with van der Waals surface area (Å²) < 4.78 is 38.0. The molecule has 0 N–H and O–H groups in total. The summed E-state index contributed by atoms with van der Waals surface area (Å²) in [6.45, 7) is 0. The van der Waals surface area contributed by atoms with E-state index in [1.165, 1.54) is 0 Å². The number of hydrogen-bond acceptors (Lipinski definition) is 2. The van der Waals surface area contributed by atoms with Gasteiger partial charge in [-0.2, -0.15) is 5.26 Å². The molecule has 198 valence electrons. The highest BCUT2D eigenvalue weighted by atomic mass is 32.1. The SMILES string of the molecule is N#Cc1c(-c2ccccc2)c(F)c(-n2c3ccccc3c3cc4c(cc32)sc2ccccc24)c(F)c1-c1ccccc1. The van der Waals surface area contributed by atoms with Gasteiger partial charge in [-0.05, 0) is 35.4 Å². The number of hydrogen-bond donors (Lipinski definition) is 0. The molecule has 2 nitrogen and oxygen atoms in total. The fourth-order valence-electron chi connectivity index (χ4n) is 6.17. The van der Waals surface area contributed by atoms with E-state index in [4.69, 9.17) is 0 Å². The maximum absolute atomic E-state index is 17.1. The molecule has 0 spiro atoms. The van der Waals surface area contributed by atoms with E-state index < -0.39 is 11.6 Å². The number of halogens is 2. The Balaban J connectivity index is 1.58. The molecule has 2 aromatic heterocycles. The number of rotatable bonds is 3. The molecule has 0 aliphatic carbocycles. The maximum Gasteiger partial charge on any atom is 0.159 e. The summed E-state index contributed by atoms with van der Waals surface area (Å²) in [5, 5.41) is 14.4. The molecule has 8 aromatic rings. The van der Waals surface area contributed by atoms with Gasteiger partial charge in [0, 0.05) is 42.1 Å². The van der Waals surface area contributed by atoms with Crippen LogP contribution in [0.2, 0.25) is 0 Å². The predicted molar refractivity (Wildman–Crippen MR) is 169 cm³/mol. The van der Waals surface area contributed by atoms with Crippen molar-refractivity contribution in [2.24, 2.45) is 0 Å². The summed E-state index contributed by atoms with van der Waals surface area (Å²) in [6.07, 6.45) is 0. The molecule has 0 radical (unpaired) electrons. The molecule has 6 aromatic carbocycles. The van der Waals surface area contributed by atoms with Crippen molar-refractivity contribution in [2.45, 2.75) is 0 Å². The second-order valence-corrected chi connectivity index (χ2v) is 11.3. The number of benzene rings is 6. The lowest BCUT2D eigenvalue weighted by molar-refractivity contribution is 0.577. The number of aromatic nitrogens is 1. The van der Waals surface area contributed by atoms with Crippen LogP contribution in [0.5, 0.6) is 0 Å². The third-order valence-corrected chi connectivity index (χ3v) is 9.12. The summed E-state index contributed by atoms with van der Waals surface area (Å²) >= 11 is 1.66. The highest BCUT2D eigenvalue weighted by molar-refractivity contribution is 7.25. The minimum atomic E-state index is -0.769. The van der Waals surface area contributed by atoms with Crippen LogP contribution in [0, 0.1) is 23.0 Å². The summed E-state index contributed by atoms with van der Waals surface area (Å²) in [7, 11) is 0. The van der Waals surface area contributed by atoms with Gasteiger partial charge < -0.3 is 4.57 Å². The molecule has 0 fully saturated rings. The van der Waals surface area contributed by atoms with E-state index in [0.29, 0.717) is 22.2 Å². The number of thiophene rings is 1. The van der Waals surface area contributed by atoms with Gasteiger partial charge in [-0.1, -0.05) is 97.1 Å². The first-order chi connectivity index (χ1) is 20.7. The quantitative estimate of drug-likeness (QED) is 0.211. The molecule has 0 atom stereocenters. The molecule has 0 bridgehead atoms. The first-order valence-electron chi connectivity index (χ1n) is 13.6. The van der Waals surface area contributed by atoms with Crippen LogP contribution >= 0.6 is 11.3 Å². The molecular formula is C37H20F2N2S. The van der Waals surface area contributed by atoms with Gasteiger partial charge in [-0.25, -0.2) is 8.78 Å². The first kappa shape index (κ1) is 24.5. The molecule has 0 aliphatic rings. The number of nitrogens with zero attached hydrogens (tertiary/aromatic N) is 2. The zero-order chi connectivity index (χ0) is 28.4. The first-order valence-corrected chi connectivity index (χ1v) is 14.4. The Labute approximate surface area is 243 Å². The van der Waals surface area contributed by atoms with Crippen molar-refractivity contribution in [1.82, 2.24) is 4.57 Å². The molecule has 2 heterocycles. The molecule has 0 saturated heterocycles. The van der Waals surface area contributed by atoms with Gasteiger partial charge in [0.1, 0.15) is 11.8 Å². The number of fused-ring (bicyclic) bond motifs is 6. The fraction of sp³-hybridized carbons (Fsp3) is 0. The van der Waals surface area contributed by atoms with Crippen molar-refractivity contribution in [1.29, 1.82) is 5.26 Å². The zero-order valence-corrected chi connectivity index (χ0v) is 22.9. The number of para-hydroxylation sites is 1. The van der Waals surface area contributed by atoms with Crippen LogP contribution in [-0.2, 0) is 0 Å². The van der Waals surface area contributed by atoms with Crippen LogP contribution in [0.3, 0.4) is 0 Å². The lowest BCUT2D eigenvalue weighted by atomic mass is 9.90. The average molecular weight is 563 g/mol. The van der Waals surface area contributed by atoms with E-state index in [-0.39, 0.29) is 22.4 Å². The molecule has 5 heteroatoms. The van der Waals surface area contributed by atoms with Gasteiger partial charge in [-0.15, -0.1) is 11.3 Å². The maximum atomic E-state index is 17.1. The van der Waals surface area contributed by atoms with Gasteiger partial charge >= 0.3 is 0 Å². The van der Waals surface area contributed by atoms with Gasteiger partial charge in [0.15, 0.2) is 11.6 Å². The van der Waals surface area contributed by atoms with Crippen LogP contribution < -0.4 is 0 Å². The van der Waals surface area contributed by atoms with E-state index >= 15 is 8.78 Å². The van der Waals surface area contributed by atoms with Crippen molar-refractivity contribution in [2.75, 3.05) is 0 Å². The largest absolute Gasteiger partial charge is 0.304 e. The van der Waals surface area contributed by atoms with E-state index in [1.807, 2.05) is 54.6 Å². The van der Waals surface area contributed by atoms with Crippen LogP contribution in [0.4, 0.5) is 8.78 Å². The summed E-state index contributed by atoms with van der Waals surface area (Å²) in [6, 6.07) is 40.1. The van der Waals surface area contributed by atoms with Gasteiger partial charge in [0.25, 0.3) is 0 Å². The summed E-state index contributed by atoms with van der Waals surface area (Å²) in [5.41, 5.74) is 2.36. The number of nitriles is 1. The second kappa shape index (κ2) is 9.37. The molecule has 42 heavy (non-hydrogen) atoms. The van der Waals surface area contributed by atoms with Crippen LogP contribution in [-0.4, -0.2) is 4.57 Å². The average Bonchev–Trinajstić information content (AvgIpc) is 3.55. The molecule has 0 aliphatic heterocycles. The van der Waals surface area contributed by atoms with Crippen LogP contribution in [0.1, 0.15) is 5.56 Å². The normalized spacial score (nSPS) is 11.5. The molecule has 8 rings (SSSR count). The van der Waals surface area contributed by atoms with E-state index in [1.54, 1.807) is 64.4 Å². The Morgan fingerprint density at radius 3 is 1.76 bits per heavy atom. The van der Waals surface area contributed by atoms with E-state index in [0.717, 1.165) is 30.9 Å². The van der Waals surface area contributed by atoms with Crippen molar-refractivity contribution in [3.8, 4) is 34.0 Å². The zero-order valence-electron chi connectivity index (χ0n) is 22.1. The van der Waals surface area contributed by atoms with Gasteiger partial charge in [0.05, 0.1) is 16.6 Å². The Bertz CT molecular complexity index is 2310. The van der Waals surface area contributed by atoms with Crippen molar-refractivity contribution >= 4 is 53.3 Å². The smallest absolute Gasteiger partial charge is 0.159 e. The van der Waals surface area contributed by atoms with E-state index in [9.17, 15) is 5.26 Å². The third kappa shape index (κ3) is 3.46. The van der Waals surface area contributed by atoms with E-state index in [2.05, 4.69) is 24.3 Å². The standard InChI is InChI=1S/C37H20F2N2S/c38-35-33(22-11-3-1-4-12-22)28(21-40)34(23-13-5-2-6-14-23)36(39)37(35)41-29-17-9-7-15-24(29)26-19-27-25-16-8-10-18-31(25)42-32(27)20-30(26)41/h1-20H. The van der Waals surface area contributed by atoms with Crippen LogP contribution in [0.25, 0.3) is 69.9 Å². The lowest BCUT2D eigenvalue weighted by Gasteiger charge is -2.19. The second-order valence-electron chi connectivity index (χ2n) is 10.3. The minimum Gasteiger partial charge on any atom is -0.304 e. The Morgan fingerprint density at radius 1 is 0.548 bits per heavy atom. The fourth-order valence-corrected chi connectivity index (χ4v) is 7.29. The highest BCUT2D eigenvalue weighted by Gasteiger charge is 2.29. The summed E-state index contributed by atoms with van der Waals surface area (Å²) in [5.74, 6) is -1.54.